The Morgan fingerprint density at radius 1 is 1.00 bits per heavy atom. The molecule has 1 aliphatic rings. The van der Waals surface area contributed by atoms with Crippen LogP contribution in [-0.4, -0.2) is 43.4 Å². The van der Waals surface area contributed by atoms with Gasteiger partial charge >= 0.3 is 0 Å². The van der Waals surface area contributed by atoms with E-state index in [1.165, 1.54) is 12.1 Å². The summed E-state index contributed by atoms with van der Waals surface area (Å²) in [6.45, 7) is 4.82. The maximum Gasteiger partial charge on any atom is 0.182 e. The van der Waals surface area contributed by atoms with Crippen molar-refractivity contribution < 1.29 is 18.3 Å². The molecule has 204 valence electrons. The molecule has 0 radical (unpaired) electrons. The zero-order valence-corrected chi connectivity index (χ0v) is 22.4. The number of fused-ring (bicyclic) bond motifs is 1. The van der Waals surface area contributed by atoms with E-state index in [0.717, 1.165) is 28.6 Å². The van der Waals surface area contributed by atoms with Gasteiger partial charge in [0.15, 0.2) is 5.65 Å². The Bertz CT molecular complexity index is 1690. The molecule has 2 aromatic carbocycles. The van der Waals surface area contributed by atoms with Gasteiger partial charge in [-0.2, -0.15) is 5.10 Å². The lowest BCUT2D eigenvalue weighted by molar-refractivity contribution is 0.00397. The highest BCUT2D eigenvalue weighted by Gasteiger charge is 2.29. The van der Waals surface area contributed by atoms with Gasteiger partial charge in [0, 0.05) is 35.9 Å². The Balaban J connectivity index is 1.30. The lowest BCUT2D eigenvalue weighted by Crippen LogP contribution is -2.20. The predicted molar refractivity (Wildman–Crippen MR) is 145 cm³/mol. The maximum atomic E-state index is 14.9. The number of ether oxygens (including phenoxy) is 2. The van der Waals surface area contributed by atoms with Crippen LogP contribution in [-0.2, 0) is 11.3 Å². The number of benzene rings is 2. The number of hydrogen-bond donors (Lipinski definition) is 0. The first-order valence-electron chi connectivity index (χ1n) is 13.1. The molecule has 0 N–H and O–H groups in total. The molecule has 0 bridgehead atoms. The van der Waals surface area contributed by atoms with Crippen LogP contribution in [0.25, 0.3) is 22.4 Å². The molecular formula is C30H28F2N6O2. The highest BCUT2D eigenvalue weighted by Crippen LogP contribution is 2.38. The van der Waals surface area contributed by atoms with Crippen LogP contribution in [0.2, 0.25) is 0 Å². The van der Waals surface area contributed by atoms with E-state index >= 15 is 0 Å². The summed E-state index contributed by atoms with van der Waals surface area (Å²) in [6, 6.07) is 11.3. The monoisotopic (exact) mass is 542 g/mol. The second-order valence-electron chi connectivity index (χ2n) is 10.0. The second-order valence-corrected chi connectivity index (χ2v) is 10.0. The fourth-order valence-corrected chi connectivity index (χ4v) is 4.99. The molecule has 0 aliphatic carbocycles. The van der Waals surface area contributed by atoms with Crippen molar-refractivity contribution in [1.82, 2.24) is 29.7 Å². The molecule has 5 aromatic rings. The quantitative estimate of drug-likeness (QED) is 0.265. The molecule has 0 spiro atoms. The van der Waals surface area contributed by atoms with Crippen LogP contribution in [0.3, 0.4) is 0 Å². The summed E-state index contributed by atoms with van der Waals surface area (Å²) in [5, 5.41) is 4.54. The average Bonchev–Trinajstić information content (AvgIpc) is 3.42. The van der Waals surface area contributed by atoms with Crippen molar-refractivity contribution in [2.75, 3.05) is 13.7 Å². The third-order valence-electron chi connectivity index (χ3n) is 7.32. The van der Waals surface area contributed by atoms with Gasteiger partial charge in [-0.25, -0.2) is 28.7 Å². The number of halogens is 2. The first-order valence-corrected chi connectivity index (χ1v) is 13.1. The van der Waals surface area contributed by atoms with E-state index in [4.69, 9.17) is 19.4 Å². The zero-order valence-electron chi connectivity index (χ0n) is 22.4. The maximum absolute atomic E-state index is 14.9. The molecule has 0 amide bonds. The minimum absolute atomic E-state index is 0.0567. The van der Waals surface area contributed by atoms with E-state index in [1.807, 2.05) is 55.2 Å². The fourth-order valence-electron chi connectivity index (χ4n) is 4.99. The van der Waals surface area contributed by atoms with Crippen LogP contribution >= 0.6 is 0 Å². The summed E-state index contributed by atoms with van der Waals surface area (Å²) in [7, 11) is 1.65. The van der Waals surface area contributed by atoms with Gasteiger partial charge in [0.1, 0.15) is 34.4 Å². The molecule has 1 saturated heterocycles. The van der Waals surface area contributed by atoms with Crippen molar-refractivity contribution in [2.45, 2.75) is 45.3 Å². The van der Waals surface area contributed by atoms with Gasteiger partial charge in [-0.15, -0.1) is 0 Å². The van der Waals surface area contributed by atoms with E-state index in [-0.39, 0.29) is 17.6 Å². The van der Waals surface area contributed by atoms with Crippen LogP contribution in [0.4, 0.5) is 8.78 Å². The van der Waals surface area contributed by atoms with E-state index < -0.39 is 11.6 Å². The Hall–Kier alpha value is -4.31. The number of hydrogen-bond acceptors (Lipinski definition) is 7. The standard InChI is InChI=1S/C30H28F2N6O2/c1-17-18(2)35-30-28(34-17)27(24-9-6-22(31)13-25(24)32)36-29(37-30)20-10-11-40-26(12-20)21-14-33-38(16-21)15-19-4-7-23(39-3)8-5-19/h4-9,13-14,16,20,26H,10-12,15H2,1-3H3/t20-,26-/m0/s1. The number of aryl methyl sites for hydroxylation is 2. The minimum Gasteiger partial charge on any atom is -0.497 e. The zero-order chi connectivity index (χ0) is 27.8. The first-order chi connectivity index (χ1) is 19.4. The highest BCUT2D eigenvalue weighted by atomic mass is 19.1. The average molecular weight is 543 g/mol. The molecular weight excluding hydrogens is 514 g/mol. The molecule has 8 nitrogen and oxygen atoms in total. The van der Waals surface area contributed by atoms with Crippen LogP contribution in [0.15, 0.2) is 54.9 Å². The third kappa shape index (κ3) is 5.14. The Morgan fingerprint density at radius 2 is 1.80 bits per heavy atom. The number of rotatable bonds is 6. The van der Waals surface area contributed by atoms with Gasteiger partial charge in [-0.05, 0) is 56.5 Å². The number of methoxy groups -OCH3 is 1. The Morgan fingerprint density at radius 3 is 2.58 bits per heavy atom. The summed E-state index contributed by atoms with van der Waals surface area (Å²) < 4.78 is 41.9. The van der Waals surface area contributed by atoms with Crippen molar-refractivity contribution in [3.63, 3.8) is 0 Å². The van der Waals surface area contributed by atoms with Crippen LogP contribution < -0.4 is 4.74 Å². The van der Waals surface area contributed by atoms with E-state index in [2.05, 4.69) is 15.1 Å². The predicted octanol–water partition coefficient (Wildman–Crippen LogP) is 5.87. The lowest BCUT2D eigenvalue weighted by Gasteiger charge is -2.28. The smallest absolute Gasteiger partial charge is 0.182 e. The molecule has 0 unspecified atom stereocenters. The van der Waals surface area contributed by atoms with Crippen LogP contribution in [0, 0.1) is 25.5 Å². The van der Waals surface area contributed by atoms with Crippen molar-refractivity contribution in [3.05, 3.63) is 94.8 Å². The van der Waals surface area contributed by atoms with Crippen LogP contribution in [0.5, 0.6) is 5.75 Å². The van der Waals surface area contributed by atoms with Gasteiger partial charge in [-0.1, -0.05) is 12.1 Å². The van der Waals surface area contributed by atoms with Gasteiger partial charge in [0.2, 0.25) is 0 Å². The van der Waals surface area contributed by atoms with E-state index in [1.54, 1.807) is 7.11 Å². The van der Waals surface area contributed by atoms with Crippen molar-refractivity contribution >= 4 is 11.2 Å². The molecule has 0 saturated carbocycles. The number of nitrogens with zero attached hydrogens (tertiary/aromatic N) is 6. The van der Waals surface area contributed by atoms with Crippen molar-refractivity contribution in [3.8, 4) is 17.0 Å². The van der Waals surface area contributed by atoms with E-state index in [0.29, 0.717) is 54.4 Å². The summed E-state index contributed by atoms with van der Waals surface area (Å²) in [5.41, 5.74) is 4.76. The Labute approximate surface area is 230 Å². The molecule has 10 heteroatoms. The molecule has 4 heterocycles. The lowest BCUT2D eigenvalue weighted by atomic mass is 9.92. The van der Waals surface area contributed by atoms with Gasteiger partial charge in [-0.3, -0.25) is 4.68 Å². The third-order valence-corrected chi connectivity index (χ3v) is 7.32. The van der Waals surface area contributed by atoms with Gasteiger partial charge in [0.05, 0.1) is 37.3 Å². The largest absolute Gasteiger partial charge is 0.497 e. The Kier molecular flexibility index (Phi) is 6.93. The number of aromatic nitrogens is 6. The van der Waals surface area contributed by atoms with E-state index in [9.17, 15) is 8.78 Å². The fraction of sp³-hybridized carbons (Fsp3) is 0.300. The molecule has 1 aliphatic heterocycles. The van der Waals surface area contributed by atoms with Gasteiger partial charge in [0.25, 0.3) is 0 Å². The van der Waals surface area contributed by atoms with Crippen molar-refractivity contribution in [1.29, 1.82) is 0 Å². The van der Waals surface area contributed by atoms with Crippen LogP contribution in [0.1, 0.15) is 53.2 Å². The SMILES string of the molecule is COc1ccc(Cn2cc([C@@H]3C[C@@H](c4nc(-c5ccc(F)cc5F)c5nc(C)c(C)nc5n4)CCO3)cn2)cc1. The molecule has 6 rings (SSSR count). The normalized spacial score (nSPS) is 17.3. The molecule has 3 aromatic heterocycles. The van der Waals surface area contributed by atoms with Gasteiger partial charge < -0.3 is 9.47 Å². The first kappa shape index (κ1) is 25.9. The molecule has 2 atom stereocenters. The molecule has 1 fully saturated rings. The molecule has 40 heavy (non-hydrogen) atoms. The topological polar surface area (TPSA) is 87.8 Å². The summed E-state index contributed by atoms with van der Waals surface area (Å²) in [6.07, 6.45) is 4.96. The highest BCUT2D eigenvalue weighted by molar-refractivity contribution is 5.87. The summed E-state index contributed by atoms with van der Waals surface area (Å²) in [5.74, 6) is -0.0663. The summed E-state index contributed by atoms with van der Waals surface area (Å²) >= 11 is 0. The second kappa shape index (κ2) is 10.7. The minimum atomic E-state index is -0.708. The summed E-state index contributed by atoms with van der Waals surface area (Å²) in [4.78, 5) is 18.8. The van der Waals surface area contributed by atoms with Crippen molar-refractivity contribution in [2.24, 2.45) is 0 Å².